The van der Waals surface area contributed by atoms with Crippen LogP contribution in [0.1, 0.15) is 81.5 Å². The van der Waals surface area contributed by atoms with Crippen molar-refractivity contribution in [3.8, 4) is 0 Å². The number of rotatable bonds is 5. The molecule has 0 saturated carbocycles. The minimum Gasteiger partial charge on any atom is -0.338 e. The summed E-state index contributed by atoms with van der Waals surface area (Å²) in [5.74, 6) is 1.72. The number of fused-ring (bicyclic) bond motifs is 1. The number of hydrogen-bond donors (Lipinski definition) is 1. The van der Waals surface area contributed by atoms with E-state index in [4.69, 9.17) is 4.52 Å². The molecule has 2 unspecified atom stereocenters. The Bertz CT molecular complexity index is 630. The lowest BCUT2D eigenvalue weighted by molar-refractivity contribution is 0.311. The monoisotopic (exact) mass is 303 g/mol. The average Bonchev–Trinajstić information content (AvgIpc) is 3.14. The Labute approximate surface area is 131 Å². The fraction of sp³-hybridized carbons (Fsp3) is 0.688. The van der Waals surface area contributed by atoms with Crippen LogP contribution in [-0.2, 0) is 13.0 Å². The van der Waals surface area contributed by atoms with E-state index in [1.54, 1.807) is 0 Å². The highest BCUT2D eigenvalue weighted by Gasteiger charge is 2.26. The third-order valence-electron chi connectivity index (χ3n) is 4.36. The zero-order valence-electron chi connectivity index (χ0n) is 13.8. The lowest BCUT2D eigenvalue weighted by atomic mass is 9.92. The minimum atomic E-state index is 0.0425. The maximum atomic E-state index is 5.40. The van der Waals surface area contributed by atoms with Gasteiger partial charge in [0, 0.05) is 29.8 Å². The predicted molar refractivity (Wildman–Crippen MR) is 83.5 cm³/mol. The van der Waals surface area contributed by atoms with Gasteiger partial charge in [-0.05, 0) is 33.1 Å². The van der Waals surface area contributed by atoms with Gasteiger partial charge in [-0.2, -0.15) is 10.1 Å². The van der Waals surface area contributed by atoms with Crippen LogP contribution in [0.2, 0.25) is 0 Å². The molecule has 0 bridgehead atoms. The molecular formula is C16H25N5O. The van der Waals surface area contributed by atoms with Crippen LogP contribution in [0.15, 0.2) is 10.7 Å². The Hall–Kier alpha value is -1.69. The highest BCUT2D eigenvalue weighted by atomic mass is 16.5. The zero-order chi connectivity index (χ0) is 15.7. The highest BCUT2D eigenvalue weighted by molar-refractivity contribution is 5.25. The highest BCUT2D eigenvalue weighted by Crippen LogP contribution is 2.31. The Kier molecular flexibility index (Phi) is 4.29. The fourth-order valence-electron chi connectivity index (χ4n) is 3.10. The molecule has 22 heavy (non-hydrogen) atoms. The summed E-state index contributed by atoms with van der Waals surface area (Å²) >= 11 is 0. The summed E-state index contributed by atoms with van der Waals surface area (Å²) in [6, 6.07) is 0.356. The van der Waals surface area contributed by atoms with E-state index in [0.29, 0.717) is 11.9 Å². The van der Waals surface area contributed by atoms with Gasteiger partial charge in [0.1, 0.15) is 0 Å². The predicted octanol–water partition coefficient (Wildman–Crippen LogP) is 3.14. The Morgan fingerprint density at radius 2 is 2.23 bits per heavy atom. The smallest absolute Gasteiger partial charge is 0.243 e. The van der Waals surface area contributed by atoms with Gasteiger partial charge in [-0.15, -0.1) is 0 Å². The number of aryl methyl sites for hydroxylation is 1. The molecule has 120 valence electrons. The van der Waals surface area contributed by atoms with E-state index >= 15 is 0 Å². The molecule has 0 saturated heterocycles. The van der Waals surface area contributed by atoms with Crippen molar-refractivity contribution >= 4 is 0 Å². The van der Waals surface area contributed by atoms with Crippen molar-refractivity contribution in [2.75, 3.05) is 0 Å². The van der Waals surface area contributed by atoms with Crippen molar-refractivity contribution in [3.05, 3.63) is 29.2 Å². The van der Waals surface area contributed by atoms with Crippen LogP contribution >= 0.6 is 0 Å². The second kappa shape index (κ2) is 6.20. The van der Waals surface area contributed by atoms with E-state index in [0.717, 1.165) is 25.2 Å². The third-order valence-corrected chi connectivity index (χ3v) is 4.36. The largest absolute Gasteiger partial charge is 0.338 e. The van der Waals surface area contributed by atoms with Gasteiger partial charge < -0.3 is 4.52 Å². The van der Waals surface area contributed by atoms with Gasteiger partial charge in [0.15, 0.2) is 5.82 Å². The van der Waals surface area contributed by atoms with Crippen LogP contribution in [0, 0.1) is 0 Å². The van der Waals surface area contributed by atoms with E-state index in [1.807, 2.05) is 6.20 Å². The van der Waals surface area contributed by atoms with Crippen LogP contribution in [0.3, 0.4) is 0 Å². The maximum absolute atomic E-state index is 5.40. The summed E-state index contributed by atoms with van der Waals surface area (Å²) in [4.78, 5) is 4.49. The average molecular weight is 303 g/mol. The normalized spacial score (nSPS) is 19.4. The first kappa shape index (κ1) is 15.2. The van der Waals surface area contributed by atoms with Crippen LogP contribution < -0.4 is 5.32 Å². The summed E-state index contributed by atoms with van der Waals surface area (Å²) in [5, 5.41) is 12.2. The Morgan fingerprint density at radius 3 is 2.91 bits per heavy atom. The molecule has 1 aliphatic carbocycles. The molecule has 0 fully saturated rings. The molecule has 0 aliphatic heterocycles. The molecule has 6 heteroatoms. The van der Waals surface area contributed by atoms with Gasteiger partial charge in [-0.1, -0.05) is 19.0 Å². The topological polar surface area (TPSA) is 68.8 Å². The molecule has 3 rings (SSSR count). The first-order chi connectivity index (χ1) is 10.6. The van der Waals surface area contributed by atoms with Crippen LogP contribution in [0.4, 0.5) is 0 Å². The first-order valence-corrected chi connectivity index (χ1v) is 8.24. The van der Waals surface area contributed by atoms with E-state index < -0.39 is 0 Å². The second-order valence-corrected chi connectivity index (χ2v) is 6.34. The van der Waals surface area contributed by atoms with Gasteiger partial charge in [-0.25, -0.2) is 0 Å². The van der Waals surface area contributed by atoms with Crippen molar-refractivity contribution in [2.45, 2.75) is 71.5 Å². The van der Waals surface area contributed by atoms with Crippen LogP contribution in [-0.4, -0.2) is 19.9 Å². The number of nitrogens with one attached hydrogen (secondary N) is 1. The number of hydrogen-bond acceptors (Lipinski definition) is 5. The van der Waals surface area contributed by atoms with Gasteiger partial charge in [0.2, 0.25) is 5.89 Å². The molecule has 2 aromatic rings. The maximum Gasteiger partial charge on any atom is 0.243 e. The van der Waals surface area contributed by atoms with Gasteiger partial charge >= 0.3 is 0 Å². The molecule has 0 spiro atoms. The molecule has 2 heterocycles. The molecule has 0 aromatic carbocycles. The quantitative estimate of drug-likeness (QED) is 0.919. The summed E-state index contributed by atoms with van der Waals surface area (Å²) in [6.07, 6.45) is 5.44. The molecule has 2 aromatic heterocycles. The molecule has 1 aliphatic rings. The summed E-state index contributed by atoms with van der Waals surface area (Å²) in [6.45, 7) is 9.28. The fourth-order valence-corrected chi connectivity index (χ4v) is 3.10. The molecule has 0 amide bonds. The van der Waals surface area contributed by atoms with E-state index in [9.17, 15) is 0 Å². The molecule has 2 atom stereocenters. The second-order valence-electron chi connectivity index (χ2n) is 6.34. The summed E-state index contributed by atoms with van der Waals surface area (Å²) in [5.41, 5.74) is 2.69. The van der Waals surface area contributed by atoms with Crippen molar-refractivity contribution in [1.82, 2.24) is 25.2 Å². The number of aromatic nitrogens is 4. The van der Waals surface area contributed by atoms with Gasteiger partial charge in [0.25, 0.3) is 0 Å². The third kappa shape index (κ3) is 2.79. The number of nitrogens with zero attached hydrogens (tertiary/aromatic N) is 4. The minimum absolute atomic E-state index is 0.0425. The molecule has 0 radical (unpaired) electrons. The van der Waals surface area contributed by atoms with Crippen molar-refractivity contribution in [3.63, 3.8) is 0 Å². The lowest BCUT2D eigenvalue weighted by Gasteiger charge is -2.26. The van der Waals surface area contributed by atoms with E-state index in [2.05, 4.69) is 52.9 Å². The SMILES string of the molecule is CCn1ncc2c1CCCC2NC(C)c1nc(C(C)C)no1. The van der Waals surface area contributed by atoms with E-state index in [-0.39, 0.29) is 12.0 Å². The Balaban J connectivity index is 1.74. The van der Waals surface area contributed by atoms with Crippen molar-refractivity contribution in [1.29, 1.82) is 0 Å². The van der Waals surface area contributed by atoms with Crippen molar-refractivity contribution < 1.29 is 4.52 Å². The molecular weight excluding hydrogens is 278 g/mol. The van der Waals surface area contributed by atoms with E-state index in [1.165, 1.54) is 17.7 Å². The van der Waals surface area contributed by atoms with Crippen molar-refractivity contribution in [2.24, 2.45) is 0 Å². The zero-order valence-corrected chi connectivity index (χ0v) is 13.8. The van der Waals surface area contributed by atoms with Crippen LogP contribution in [0.5, 0.6) is 0 Å². The standard InChI is InChI=1S/C16H25N5O/c1-5-21-14-8-6-7-13(12(14)9-17-21)18-11(4)16-19-15(10(2)3)20-22-16/h9-11,13,18H,5-8H2,1-4H3. The molecule has 1 N–H and O–H groups in total. The van der Waals surface area contributed by atoms with Gasteiger partial charge in [0.05, 0.1) is 12.2 Å². The molecule has 6 nitrogen and oxygen atoms in total. The first-order valence-electron chi connectivity index (χ1n) is 8.24. The van der Waals surface area contributed by atoms with Gasteiger partial charge in [-0.3, -0.25) is 10.00 Å². The Morgan fingerprint density at radius 1 is 1.41 bits per heavy atom. The summed E-state index contributed by atoms with van der Waals surface area (Å²) in [7, 11) is 0. The summed E-state index contributed by atoms with van der Waals surface area (Å²) < 4.78 is 7.51. The lowest BCUT2D eigenvalue weighted by Crippen LogP contribution is -2.28. The van der Waals surface area contributed by atoms with Crippen LogP contribution in [0.25, 0.3) is 0 Å².